The van der Waals surface area contributed by atoms with Crippen LogP contribution in [-0.2, 0) is 16.6 Å². The Morgan fingerprint density at radius 3 is 2.45 bits per heavy atom. The lowest BCUT2D eigenvalue weighted by atomic mass is 10.1. The fraction of sp³-hybridized carbons (Fsp3) is 0.476. The van der Waals surface area contributed by atoms with Crippen molar-refractivity contribution < 1.29 is 13.5 Å². The van der Waals surface area contributed by atoms with Crippen LogP contribution in [0.3, 0.4) is 0 Å². The van der Waals surface area contributed by atoms with E-state index in [1.54, 1.807) is 34.9 Å². The van der Waals surface area contributed by atoms with Crippen LogP contribution in [0, 0.1) is 0 Å². The summed E-state index contributed by atoms with van der Waals surface area (Å²) in [5, 5.41) is 13.4. The van der Waals surface area contributed by atoms with Crippen LogP contribution in [0.4, 0.5) is 5.69 Å². The molecule has 1 aromatic heterocycles. The Morgan fingerprint density at radius 1 is 1.07 bits per heavy atom. The highest BCUT2D eigenvalue weighted by atomic mass is 32.2. The van der Waals surface area contributed by atoms with Gasteiger partial charge in [0.15, 0.2) is 0 Å². The molecule has 1 atom stereocenters. The number of rotatable bonds is 9. The fourth-order valence-corrected chi connectivity index (χ4v) is 4.70. The van der Waals surface area contributed by atoms with Crippen molar-refractivity contribution in [2.45, 2.75) is 38.2 Å². The van der Waals surface area contributed by atoms with Gasteiger partial charge in [-0.3, -0.25) is 9.71 Å². The van der Waals surface area contributed by atoms with Crippen molar-refractivity contribution in [3.05, 3.63) is 59.9 Å². The molecule has 1 aromatic carbocycles. The number of nitrogens with zero attached hydrogens (tertiary/aromatic N) is 2. The average molecular weight is 419 g/mol. The van der Waals surface area contributed by atoms with Crippen molar-refractivity contribution in [1.29, 1.82) is 0 Å². The molecule has 8 heteroatoms. The van der Waals surface area contributed by atoms with Gasteiger partial charge in [-0.15, -0.1) is 0 Å². The summed E-state index contributed by atoms with van der Waals surface area (Å²) in [4.78, 5) is 4.01. The number of aliphatic hydroxyl groups excluding tert-OH is 1. The van der Waals surface area contributed by atoms with Gasteiger partial charge in [0.1, 0.15) is 0 Å². The van der Waals surface area contributed by atoms with Gasteiger partial charge in [-0.2, -0.15) is 12.7 Å². The topological polar surface area (TPSA) is 94.6 Å². The van der Waals surface area contributed by atoms with Gasteiger partial charge in [-0.1, -0.05) is 31.0 Å². The van der Waals surface area contributed by atoms with Gasteiger partial charge in [-0.25, -0.2) is 0 Å². The van der Waals surface area contributed by atoms with E-state index in [1.165, 1.54) is 0 Å². The maximum Gasteiger partial charge on any atom is 0.301 e. The monoisotopic (exact) mass is 418 g/mol. The standard InChI is InChI=1S/C21H30N4O3S/c26-21(19-6-5-12-22-16-19)17-23-13-11-18-7-9-20(10-8-18)24-29(27,28)25-14-3-1-2-4-15-25/h5-10,12,16,21,23-24,26H,1-4,11,13-15,17H2/t21-/m1/s1. The molecule has 0 aliphatic carbocycles. The molecule has 1 aliphatic rings. The van der Waals surface area contributed by atoms with Gasteiger partial charge in [0, 0.05) is 43.3 Å². The highest BCUT2D eigenvalue weighted by molar-refractivity contribution is 7.90. The van der Waals surface area contributed by atoms with E-state index >= 15 is 0 Å². The second kappa shape index (κ2) is 10.7. The van der Waals surface area contributed by atoms with Gasteiger partial charge in [0.25, 0.3) is 0 Å². The smallest absolute Gasteiger partial charge is 0.301 e. The Morgan fingerprint density at radius 2 is 1.79 bits per heavy atom. The third-order valence-electron chi connectivity index (χ3n) is 5.10. The minimum Gasteiger partial charge on any atom is -0.387 e. The van der Waals surface area contributed by atoms with Crippen molar-refractivity contribution in [1.82, 2.24) is 14.6 Å². The average Bonchev–Trinajstić information content (AvgIpc) is 3.03. The van der Waals surface area contributed by atoms with E-state index < -0.39 is 16.3 Å². The van der Waals surface area contributed by atoms with Gasteiger partial charge in [-0.05, 0) is 49.6 Å². The first-order valence-electron chi connectivity index (χ1n) is 10.2. The summed E-state index contributed by atoms with van der Waals surface area (Å²) in [5.41, 5.74) is 2.48. The zero-order valence-corrected chi connectivity index (χ0v) is 17.4. The zero-order chi connectivity index (χ0) is 20.5. The molecule has 2 heterocycles. The van der Waals surface area contributed by atoms with Crippen LogP contribution in [-0.4, -0.2) is 49.0 Å². The number of anilines is 1. The Labute approximate surface area is 173 Å². The number of benzene rings is 1. The molecule has 0 amide bonds. The molecule has 0 radical (unpaired) electrons. The lowest BCUT2D eigenvalue weighted by Crippen LogP contribution is -2.36. The first-order valence-corrected chi connectivity index (χ1v) is 11.6. The minimum absolute atomic E-state index is 0.458. The van der Waals surface area contributed by atoms with E-state index in [-0.39, 0.29) is 0 Å². The molecular weight excluding hydrogens is 388 g/mol. The first-order chi connectivity index (χ1) is 14.0. The number of nitrogens with one attached hydrogen (secondary N) is 2. The lowest BCUT2D eigenvalue weighted by molar-refractivity contribution is 0.174. The maximum atomic E-state index is 12.6. The van der Waals surface area contributed by atoms with Crippen molar-refractivity contribution >= 4 is 15.9 Å². The number of hydrogen-bond acceptors (Lipinski definition) is 5. The second-order valence-corrected chi connectivity index (χ2v) is 9.04. The molecule has 0 spiro atoms. The summed E-state index contributed by atoms with van der Waals surface area (Å²) in [7, 11) is -3.49. The normalized spacial score (nSPS) is 16.9. The molecule has 29 heavy (non-hydrogen) atoms. The SMILES string of the molecule is O=S(=O)(Nc1ccc(CCNC[C@@H](O)c2cccnc2)cc1)N1CCCCCC1. The molecule has 0 saturated carbocycles. The predicted molar refractivity (Wildman–Crippen MR) is 115 cm³/mol. The van der Waals surface area contributed by atoms with Crippen LogP contribution < -0.4 is 10.0 Å². The Balaban J connectivity index is 1.44. The van der Waals surface area contributed by atoms with E-state index in [0.717, 1.165) is 49.8 Å². The Hall–Kier alpha value is -2.00. The molecule has 0 bridgehead atoms. The largest absolute Gasteiger partial charge is 0.387 e. The van der Waals surface area contributed by atoms with Crippen LogP contribution >= 0.6 is 0 Å². The maximum absolute atomic E-state index is 12.6. The number of pyridine rings is 1. The van der Waals surface area contributed by atoms with Crippen molar-refractivity contribution in [2.75, 3.05) is 30.9 Å². The molecule has 1 aliphatic heterocycles. The molecule has 3 N–H and O–H groups in total. The quantitative estimate of drug-likeness (QED) is 0.544. The van der Waals surface area contributed by atoms with Crippen LogP contribution in [0.5, 0.6) is 0 Å². The van der Waals surface area contributed by atoms with Crippen molar-refractivity contribution in [2.24, 2.45) is 0 Å². The van der Waals surface area contributed by atoms with Crippen molar-refractivity contribution in [3.8, 4) is 0 Å². The predicted octanol–water partition coefficient (Wildman–Crippen LogP) is 2.48. The molecule has 3 rings (SSSR count). The highest BCUT2D eigenvalue weighted by Crippen LogP contribution is 2.17. The van der Waals surface area contributed by atoms with Crippen LogP contribution in [0.2, 0.25) is 0 Å². The number of aliphatic hydroxyl groups is 1. The highest BCUT2D eigenvalue weighted by Gasteiger charge is 2.22. The zero-order valence-electron chi connectivity index (χ0n) is 16.6. The molecule has 2 aromatic rings. The van der Waals surface area contributed by atoms with Gasteiger partial charge in [0.05, 0.1) is 6.10 Å². The fourth-order valence-electron chi connectivity index (χ4n) is 3.40. The minimum atomic E-state index is -3.49. The summed E-state index contributed by atoms with van der Waals surface area (Å²) in [6.07, 6.45) is 7.57. The third-order valence-corrected chi connectivity index (χ3v) is 6.64. The van der Waals surface area contributed by atoms with E-state index in [9.17, 15) is 13.5 Å². The Kier molecular flexibility index (Phi) is 8.00. The number of hydrogen-bond donors (Lipinski definition) is 3. The van der Waals surface area contributed by atoms with Crippen LogP contribution in [0.25, 0.3) is 0 Å². The molecule has 158 valence electrons. The summed E-state index contributed by atoms with van der Waals surface area (Å²) in [6.45, 7) is 2.35. The molecule has 7 nitrogen and oxygen atoms in total. The van der Waals surface area contributed by atoms with Crippen LogP contribution in [0.1, 0.15) is 42.9 Å². The van der Waals surface area contributed by atoms with Crippen molar-refractivity contribution in [3.63, 3.8) is 0 Å². The Bertz CT molecular complexity index is 836. The molecular formula is C21H30N4O3S. The summed E-state index contributed by atoms with van der Waals surface area (Å²) in [5.74, 6) is 0. The van der Waals surface area contributed by atoms with Gasteiger partial charge < -0.3 is 10.4 Å². The lowest BCUT2D eigenvalue weighted by Gasteiger charge is -2.20. The van der Waals surface area contributed by atoms with Gasteiger partial charge >= 0.3 is 10.2 Å². The summed E-state index contributed by atoms with van der Waals surface area (Å²) < 4.78 is 29.4. The number of aromatic nitrogens is 1. The van der Waals surface area contributed by atoms with E-state index in [4.69, 9.17) is 0 Å². The first kappa shape index (κ1) is 21.7. The molecule has 0 unspecified atom stereocenters. The third kappa shape index (κ3) is 6.78. The van der Waals surface area contributed by atoms with E-state index in [2.05, 4.69) is 15.0 Å². The second-order valence-electron chi connectivity index (χ2n) is 7.37. The summed E-state index contributed by atoms with van der Waals surface area (Å²) in [6, 6.07) is 11.1. The molecule has 1 saturated heterocycles. The van der Waals surface area contributed by atoms with E-state index in [0.29, 0.717) is 25.3 Å². The van der Waals surface area contributed by atoms with Crippen LogP contribution in [0.15, 0.2) is 48.8 Å². The van der Waals surface area contributed by atoms with E-state index in [1.807, 2.05) is 18.2 Å². The molecule has 1 fully saturated rings. The summed E-state index contributed by atoms with van der Waals surface area (Å²) >= 11 is 0. The van der Waals surface area contributed by atoms with Gasteiger partial charge in [0.2, 0.25) is 0 Å².